The number of carboxylic acid groups (broad SMARTS) is 1. The highest BCUT2D eigenvalue weighted by atomic mass is 35.5. The fourth-order valence-electron chi connectivity index (χ4n) is 16.1. The van der Waals surface area contributed by atoms with Crippen LogP contribution in [0.5, 0.6) is 0 Å². The van der Waals surface area contributed by atoms with Gasteiger partial charge in [0.1, 0.15) is 17.3 Å². The summed E-state index contributed by atoms with van der Waals surface area (Å²) in [6, 6.07) is 8.22. The molecule has 6 saturated carbocycles. The van der Waals surface area contributed by atoms with Gasteiger partial charge in [-0.3, -0.25) is 28.5 Å². The summed E-state index contributed by atoms with van der Waals surface area (Å²) in [6.07, 6.45) is 8.43. The molecule has 1 aromatic heterocycles. The molecule has 1 aromatic carbocycles. The standard InChI is InChI=1S/C53H72ClN4O11P/c1-29(2)41-37(59)27-53(56-46(64)52(19-10-20-52)55-43(60)36-26-35(30-11-13-31(54)14-12-30)57-58(36)28-68-70(65,66)67)24-23-50(8)32(42(41)53)15-16-39-49(7)21-18-40(48(5,6)38(49)17-22-51(39,50)9)69-45(63)34-25-33(44(61)62)47(34,3)4/h11-14,26,29,32-34,38-40H,10,15-25,27-28H2,1-9H3,(H,55,60)(H,56,64)(H,61,62)(H2,65,66,67)/t32-,33+,34-,38+,39-,40+,49+,50-,51-,53-/m1/s1. The van der Waals surface area contributed by atoms with Crippen LogP contribution >= 0.6 is 19.4 Å². The lowest BCUT2D eigenvalue weighted by Crippen LogP contribution is -2.70. The van der Waals surface area contributed by atoms with Crippen LogP contribution in [-0.4, -0.2) is 71.4 Å². The number of carboxylic acids is 1. The summed E-state index contributed by atoms with van der Waals surface area (Å²) in [5.41, 5.74) is -0.734. The van der Waals surface area contributed by atoms with Crippen molar-refractivity contribution in [2.45, 2.75) is 170 Å². The number of phosphoric acid groups is 1. The number of phosphoric ester groups is 1. The molecule has 0 unspecified atom stereocenters. The number of nitrogens with zero attached hydrogens (tertiary/aromatic N) is 2. The smallest absolute Gasteiger partial charge is 0.471 e. The highest BCUT2D eigenvalue weighted by molar-refractivity contribution is 7.46. The van der Waals surface area contributed by atoms with Crippen molar-refractivity contribution in [2.24, 2.45) is 62.6 Å². The lowest BCUT2D eigenvalue weighted by molar-refractivity contribution is -0.235. The fourth-order valence-corrected chi connectivity index (χ4v) is 16.4. The van der Waals surface area contributed by atoms with Crippen molar-refractivity contribution in [1.82, 2.24) is 20.4 Å². The van der Waals surface area contributed by atoms with Crippen molar-refractivity contribution in [3.05, 3.63) is 52.2 Å². The first-order valence-corrected chi connectivity index (χ1v) is 27.3. The second-order valence-corrected chi connectivity index (χ2v) is 26.3. The van der Waals surface area contributed by atoms with Crippen LogP contribution in [0.15, 0.2) is 41.5 Å². The van der Waals surface area contributed by atoms with E-state index in [4.69, 9.17) is 20.9 Å². The Balaban J connectivity index is 0.962. The van der Waals surface area contributed by atoms with Crippen LogP contribution in [0.25, 0.3) is 11.3 Å². The van der Waals surface area contributed by atoms with Crippen LogP contribution in [0, 0.1) is 62.6 Å². The van der Waals surface area contributed by atoms with Gasteiger partial charge in [-0.2, -0.15) is 5.10 Å². The third-order valence-corrected chi connectivity index (χ3v) is 21.0. The maximum atomic E-state index is 15.0. The number of halogens is 1. The number of Topliss-reactive ketones (excluding diaryl/α,β-unsaturated/α-hetero) is 1. The monoisotopic (exact) mass is 1010 g/mol. The van der Waals surface area contributed by atoms with Gasteiger partial charge in [0, 0.05) is 22.4 Å². The number of benzene rings is 1. The van der Waals surface area contributed by atoms with Crippen molar-refractivity contribution in [2.75, 3.05) is 0 Å². The molecule has 0 radical (unpaired) electrons. The second-order valence-electron chi connectivity index (χ2n) is 24.6. The summed E-state index contributed by atoms with van der Waals surface area (Å²) in [4.78, 5) is 88.4. The molecule has 2 amide bonds. The number of aromatic nitrogens is 2. The molecular formula is C53H72ClN4O11P. The number of rotatable bonds is 12. The predicted molar refractivity (Wildman–Crippen MR) is 261 cm³/mol. The third-order valence-electron chi connectivity index (χ3n) is 20.3. The molecule has 5 N–H and O–H groups in total. The quantitative estimate of drug-likeness (QED) is 0.0991. The minimum atomic E-state index is -4.94. The predicted octanol–water partition coefficient (Wildman–Crippen LogP) is 9.43. The highest BCUT2D eigenvalue weighted by Crippen LogP contribution is 2.76. The maximum Gasteiger partial charge on any atom is 0.471 e. The molecule has 0 saturated heterocycles. The molecule has 7 aliphatic carbocycles. The normalized spacial score (nSPS) is 35.8. The first-order valence-electron chi connectivity index (χ1n) is 25.4. The number of esters is 1. The number of ketones is 1. The molecule has 0 bridgehead atoms. The molecule has 10 atom stereocenters. The van der Waals surface area contributed by atoms with E-state index in [0.717, 1.165) is 60.8 Å². The van der Waals surface area contributed by atoms with Gasteiger partial charge >= 0.3 is 19.8 Å². The number of allylic oxidation sites excluding steroid dienone is 1. The van der Waals surface area contributed by atoms with Crippen molar-refractivity contribution in [1.29, 1.82) is 0 Å². The van der Waals surface area contributed by atoms with E-state index in [2.05, 4.69) is 64.2 Å². The van der Waals surface area contributed by atoms with Gasteiger partial charge in [0.05, 0.1) is 23.1 Å². The Morgan fingerprint density at radius 2 is 1.54 bits per heavy atom. The van der Waals surface area contributed by atoms with Gasteiger partial charge in [-0.05, 0) is 152 Å². The van der Waals surface area contributed by atoms with Crippen molar-refractivity contribution in [3.63, 3.8) is 0 Å². The first-order chi connectivity index (χ1) is 32.5. The lowest BCUT2D eigenvalue weighted by atomic mass is 9.33. The number of hydrogen-bond acceptors (Lipinski definition) is 9. The Bertz CT molecular complexity index is 2600. The molecule has 17 heteroatoms. The molecular weight excluding hydrogens is 935 g/mol. The van der Waals surface area contributed by atoms with Gasteiger partial charge in [-0.15, -0.1) is 0 Å². The molecule has 15 nitrogen and oxygen atoms in total. The van der Waals surface area contributed by atoms with Gasteiger partial charge in [0.25, 0.3) is 5.91 Å². The SMILES string of the molecule is CC(C)C1=C2[C@H]3CC[C@@H]4[C@@]5(C)CC[C@H](OC(=O)[C@H]6C[C@@H](C(=O)O)C6(C)C)C(C)(C)[C@@H]5CC[C@@]4(C)[C@]3(C)CC[C@@]2(NC(=O)C2(NC(=O)c3cc(-c4ccc(Cl)cc4)nn3COP(=O)(O)O)CCC2)CC1=O. The molecule has 0 aliphatic heterocycles. The van der Waals surface area contributed by atoms with Gasteiger partial charge in [0.15, 0.2) is 12.5 Å². The van der Waals surface area contributed by atoms with E-state index >= 15 is 4.79 Å². The Kier molecular flexibility index (Phi) is 12.5. The van der Waals surface area contributed by atoms with Gasteiger partial charge in [-0.25, -0.2) is 9.25 Å². The number of aliphatic carboxylic acids is 1. The maximum absolute atomic E-state index is 15.0. The van der Waals surface area contributed by atoms with E-state index in [1.165, 1.54) is 6.07 Å². The lowest BCUT2D eigenvalue weighted by Gasteiger charge is -2.72. The molecule has 382 valence electrons. The molecule has 9 rings (SSSR count). The number of amides is 2. The summed E-state index contributed by atoms with van der Waals surface area (Å²) in [5, 5.41) is 21.2. The molecule has 7 aliphatic rings. The summed E-state index contributed by atoms with van der Waals surface area (Å²) < 4.78 is 24.0. The number of nitrogens with one attached hydrogen (secondary N) is 2. The van der Waals surface area contributed by atoms with E-state index in [-0.39, 0.29) is 69.4 Å². The Labute approximate surface area is 416 Å². The topological polar surface area (TPSA) is 223 Å². The Morgan fingerprint density at radius 1 is 0.857 bits per heavy atom. The Hall–Kier alpha value is -3.88. The van der Waals surface area contributed by atoms with Crippen LogP contribution in [0.4, 0.5) is 0 Å². The van der Waals surface area contributed by atoms with E-state index in [9.17, 15) is 38.6 Å². The van der Waals surface area contributed by atoms with Crippen LogP contribution in [0.2, 0.25) is 5.02 Å². The highest BCUT2D eigenvalue weighted by Gasteiger charge is 2.71. The van der Waals surface area contributed by atoms with Gasteiger partial charge in [0.2, 0.25) is 5.91 Å². The van der Waals surface area contributed by atoms with Crippen molar-refractivity contribution < 1.29 is 52.7 Å². The molecule has 1 heterocycles. The van der Waals surface area contributed by atoms with Crippen molar-refractivity contribution >= 4 is 49.0 Å². The summed E-state index contributed by atoms with van der Waals surface area (Å²) in [5.74, 6) is -2.45. The van der Waals surface area contributed by atoms with E-state index in [1.54, 1.807) is 24.3 Å². The summed E-state index contributed by atoms with van der Waals surface area (Å²) in [6.45, 7) is 19.1. The molecule has 0 spiro atoms. The minimum absolute atomic E-state index is 0.0389. The zero-order valence-electron chi connectivity index (χ0n) is 42.2. The van der Waals surface area contributed by atoms with Gasteiger partial charge in [-0.1, -0.05) is 86.0 Å². The van der Waals surface area contributed by atoms with Gasteiger partial charge < -0.3 is 30.3 Å². The van der Waals surface area contributed by atoms with Crippen molar-refractivity contribution in [3.8, 4) is 11.3 Å². The number of carbonyl (C=O) groups is 5. The average molecular weight is 1010 g/mol. The zero-order chi connectivity index (χ0) is 50.9. The molecule has 70 heavy (non-hydrogen) atoms. The van der Waals surface area contributed by atoms with E-state index in [1.807, 2.05) is 13.8 Å². The number of carbonyl (C=O) groups excluding carboxylic acids is 4. The van der Waals surface area contributed by atoms with Crippen LogP contribution in [0.3, 0.4) is 0 Å². The number of hydrogen-bond donors (Lipinski definition) is 5. The fraction of sp³-hybridized carbons (Fsp3) is 0.698. The summed E-state index contributed by atoms with van der Waals surface area (Å²) >= 11 is 6.12. The second kappa shape index (κ2) is 17.1. The van der Waals surface area contributed by atoms with Crippen LogP contribution < -0.4 is 10.6 Å². The summed E-state index contributed by atoms with van der Waals surface area (Å²) in [7, 11) is -4.94. The molecule has 6 fully saturated rings. The largest absolute Gasteiger partial charge is 0.481 e. The van der Waals surface area contributed by atoms with E-state index < -0.39 is 54.8 Å². The van der Waals surface area contributed by atoms with Crippen LogP contribution in [-0.2, 0) is 39.7 Å². The first kappa shape index (κ1) is 51.0. The Morgan fingerprint density at radius 3 is 2.14 bits per heavy atom. The van der Waals surface area contributed by atoms with E-state index in [0.29, 0.717) is 60.2 Å². The number of fused-ring (bicyclic) bond motifs is 7. The van der Waals surface area contributed by atoms with Crippen LogP contribution in [0.1, 0.15) is 156 Å². The third kappa shape index (κ3) is 7.87. The molecule has 2 aromatic rings. The zero-order valence-corrected chi connectivity index (χ0v) is 43.8. The average Bonchev–Trinajstić information content (AvgIpc) is 3.80. The number of ether oxygens (including phenoxy) is 1. The minimum Gasteiger partial charge on any atom is -0.481 e.